The molecule has 0 radical (unpaired) electrons. The smallest absolute Gasteiger partial charge is 0.0922 e. The highest BCUT2D eigenvalue weighted by atomic mass is 32.1. The van der Waals surface area contributed by atoms with Gasteiger partial charge in [-0.2, -0.15) is 11.3 Å². The van der Waals surface area contributed by atoms with Crippen molar-refractivity contribution in [2.45, 2.75) is 25.9 Å². The summed E-state index contributed by atoms with van der Waals surface area (Å²) in [7, 11) is 0. The number of hydrogen-bond donors (Lipinski definition) is 1. The van der Waals surface area contributed by atoms with Gasteiger partial charge >= 0.3 is 0 Å². The molecule has 0 aromatic carbocycles. The second-order valence-corrected chi connectivity index (χ2v) is 5.63. The summed E-state index contributed by atoms with van der Waals surface area (Å²) in [5, 5.41) is 14.4. The molecule has 0 aliphatic carbocycles. The van der Waals surface area contributed by atoms with E-state index in [9.17, 15) is 5.11 Å². The minimum absolute atomic E-state index is 0.370. The average Bonchev–Trinajstić information content (AvgIpc) is 2.62. The van der Waals surface area contributed by atoms with Crippen LogP contribution in [-0.2, 0) is 6.42 Å². The largest absolute Gasteiger partial charge is 0.387 e. The highest BCUT2D eigenvalue weighted by Gasteiger charge is 2.42. The van der Waals surface area contributed by atoms with Gasteiger partial charge in [0.05, 0.1) is 5.60 Å². The maximum atomic E-state index is 10.1. The van der Waals surface area contributed by atoms with Gasteiger partial charge in [0, 0.05) is 19.6 Å². The Bertz CT molecular complexity index is 301. The number of aliphatic hydroxyl groups is 1. The number of hydrogen-bond acceptors (Lipinski definition) is 3. The second kappa shape index (κ2) is 4.24. The van der Waals surface area contributed by atoms with Crippen molar-refractivity contribution in [2.75, 3.05) is 19.6 Å². The highest BCUT2D eigenvalue weighted by molar-refractivity contribution is 7.07. The van der Waals surface area contributed by atoms with Crippen LogP contribution in [0.1, 0.15) is 19.4 Å². The van der Waals surface area contributed by atoms with Gasteiger partial charge in [-0.15, -0.1) is 0 Å². The normalized spacial score (nSPS) is 20.5. The van der Waals surface area contributed by atoms with Crippen molar-refractivity contribution < 1.29 is 5.11 Å². The molecule has 1 aromatic rings. The van der Waals surface area contributed by atoms with Gasteiger partial charge in [0.15, 0.2) is 0 Å². The van der Waals surface area contributed by atoms with Crippen molar-refractivity contribution in [3.05, 3.63) is 22.4 Å². The summed E-state index contributed by atoms with van der Waals surface area (Å²) >= 11 is 1.75. The third-order valence-electron chi connectivity index (χ3n) is 3.37. The molecular formula is C12H19NOS. The van der Waals surface area contributed by atoms with Gasteiger partial charge < -0.3 is 5.11 Å². The van der Waals surface area contributed by atoms with Crippen LogP contribution in [0, 0.1) is 5.92 Å². The number of nitrogens with zero attached hydrogens (tertiary/aromatic N) is 1. The molecule has 1 aliphatic rings. The number of likely N-dealkylation sites (tertiary alicyclic amines) is 1. The minimum Gasteiger partial charge on any atom is -0.387 e. The number of rotatable bonds is 4. The van der Waals surface area contributed by atoms with E-state index in [1.54, 1.807) is 11.3 Å². The Balaban J connectivity index is 1.72. The lowest BCUT2D eigenvalue weighted by atomic mass is 9.83. The Hall–Kier alpha value is -0.380. The molecule has 1 saturated heterocycles. The molecule has 0 atom stereocenters. The van der Waals surface area contributed by atoms with Crippen LogP contribution < -0.4 is 0 Å². The van der Waals surface area contributed by atoms with Gasteiger partial charge in [-0.1, -0.05) is 13.8 Å². The summed E-state index contributed by atoms with van der Waals surface area (Å²) in [6.45, 7) is 6.95. The summed E-state index contributed by atoms with van der Waals surface area (Å²) in [6.07, 6.45) is 1.11. The van der Waals surface area contributed by atoms with E-state index in [1.807, 2.05) is 0 Å². The Labute approximate surface area is 95.5 Å². The van der Waals surface area contributed by atoms with E-state index in [0.29, 0.717) is 5.92 Å². The lowest BCUT2D eigenvalue weighted by Crippen LogP contribution is -2.64. The molecule has 1 aliphatic heterocycles. The SMILES string of the molecule is CC(C)C1(O)CN(CCc2ccsc2)C1. The molecule has 1 aromatic heterocycles. The van der Waals surface area contributed by atoms with Gasteiger partial charge in [0.25, 0.3) is 0 Å². The first-order chi connectivity index (χ1) is 7.10. The first-order valence-corrected chi connectivity index (χ1v) is 6.50. The van der Waals surface area contributed by atoms with E-state index in [4.69, 9.17) is 0 Å². The zero-order valence-electron chi connectivity index (χ0n) is 9.44. The predicted molar refractivity (Wildman–Crippen MR) is 64.3 cm³/mol. The van der Waals surface area contributed by atoms with Crippen LogP contribution in [0.5, 0.6) is 0 Å². The fourth-order valence-corrected chi connectivity index (χ4v) is 2.68. The van der Waals surface area contributed by atoms with Crippen molar-refractivity contribution in [1.82, 2.24) is 4.90 Å². The van der Waals surface area contributed by atoms with Gasteiger partial charge in [-0.3, -0.25) is 4.90 Å². The third kappa shape index (κ3) is 2.41. The zero-order chi connectivity index (χ0) is 10.9. The lowest BCUT2D eigenvalue weighted by molar-refractivity contribution is -0.126. The summed E-state index contributed by atoms with van der Waals surface area (Å²) in [6, 6.07) is 2.18. The number of thiophene rings is 1. The van der Waals surface area contributed by atoms with Crippen molar-refractivity contribution >= 4 is 11.3 Å². The molecule has 0 amide bonds. The standard InChI is InChI=1S/C12H19NOS/c1-10(2)12(14)8-13(9-12)5-3-11-4-6-15-7-11/h4,6-7,10,14H,3,5,8-9H2,1-2H3. The van der Waals surface area contributed by atoms with Crippen molar-refractivity contribution in [2.24, 2.45) is 5.92 Å². The van der Waals surface area contributed by atoms with Gasteiger partial charge in [-0.25, -0.2) is 0 Å². The monoisotopic (exact) mass is 225 g/mol. The van der Waals surface area contributed by atoms with E-state index in [1.165, 1.54) is 5.56 Å². The van der Waals surface area contributed by atoms with Crippen molar-refractivity contribution in [1.29, 1.82) is 0 Å². The van der Waals surface area contributed by atoms with E-state index in [0.717, 1.165) is 26.1 Å². The quantitative estimate of drug-likeness (QED) is 0.847. The summed E-state index contributed by atoms with van der Waals surface area (Å²) < 4.78 is 0. The van der Waals surface area contributed by atoms with E-state index >= 15 is 0 Å². The van der Waals surface area contributed by atoms with Crippen LogP contribution in [0.2, 0.25) is 0 Å². The first-order valence-electron chi connectivity index (χ1n) is 5.56. The van der Waals surface area contributed by atoms with Gasteiger partial charge in [-0.05, 0) is 34.7 Å². The molecule has 1 N–H and O–H groups in total. The van der Waals surface area contributed by atoms with Crippen molar-refractivity contribution in [3.8, 4) is 0 Å². The average molecular weight is 225 g/mol. The molecule has 2 heterocycles. The molecule has 0 saturated carbocycles. The molecule has 2 nitrogen and oxygen atoms in total. The van der Waals surface area contributed by atoms with E-state index in [2.05, 4.69) is 35.6 Å². The minimum atomic E-state index is -0.422. The fourth-order valence-electron chi connectivity index (χ4n) is 1.97. The second-order valence-electron chi connectivity index (χ2n) is 4.85. The topological polar surface area (TPSA) is 23.5 Å². The highest BCUT2D eigenvalue weighted by Crippen LogP contribution is 2.28. The van der Waals surface area contributed by atoms with Crippen molar-refractivity contribution in [3.63, 3.8) is 0 Å². The van der Waals surface area contributed by atoms with Crippen LogP contribution in [0.3, 0.4) is 0 Å². The summed E-state index contributed by atoms with van der Waals surface area (Å²) in [4.78, 5) is 2.33. The summed E-state index contributed by atoms with van der Waals surface area (Å²) in [5.74, 6) is 0.370. The Kier molecular flexibility index (Phi) is 3.14. The maximum Gasteiger partial charge on any atom is 0.0922 e. The van der Waals surface area contributed by atoms with Crippen LogP contribution in [-0.4, -0.2) is 35.2 Å². The molecule has 3 heteroatoms. The molecule has 1 fully saturated rings. The molecule has 0 bridgehead atoms. The van der Waals surface area contributed by atoms with Gasteiger partial charge in [0.2, 0.25) is 0 Å². The van der Waals surface area contributed by atoms with Gasteiger partial charge in [0.1, 0.15) is 0 Å². The first kappa shape index (κ1) is 11.1. The molecule has 84 valence electrons. The van der Waals surface area contributed by atoms with E-state index < -0.39 is 5.60 Å². The number of β-amino-alcohol motifs (C(OH)–C–C–N with tert-alkyl or cyclic N) is 1. The molecule has 0 unspecified atom stereocenters. The zero-order valence-corrected chi connectivity index (χ0v) is 10.3. The predicted octanol–water partition coefficient (Wildman–Crippen LogP) is 1.99. The summed E-state index contributed by atoms with van der Waals surface area (Å²) in [5.41, 5.74) is 0.995. The van der Waals surface area contributed by atoms with Crippen LogP contribution in [0.25, 0.3) is 0 Å². The third-order valence-corrected chi connectivity index (χ3v) is 4.10. The molecule has 2 rings (SSSR count). The van der Waals surface area contributed by atoms with E-state index in [-0.39, 0.29) is 0 Å². The van der Waals surface area contributed by atoms with Crippen LogP contribution >= 0.6 is 11.3 Å². The fraction of sp³-hybridized carbons (Fsp3) is 0.667. The Morgan fingerprint density at radius 3 is 2.80 bits per heavy atom. The Morgan fingerprint density at radius 1 is 1.53 bits per heavy atom. The lowest BCUT2D eigenvalue weighted by Gasteiger charge is -2.49. The Morgan fingerprint density at radius 2 is 2.27 bits per heavy atom. The maximum absolute atomic E-state index is 10.1. The molecule has 15 heavy (non-hydrogen) atoms. The van der Waals surface area contributed by atoms with Crippen LogP contribution in [0.4, 0.5) is 0 Å². The molecular weight excluding hydrogens is 206 g/mol. The van der Waals surface area contributed by atoms with Crippen LogP contribution in [0.15, 0.2) is 16.8 Å². The molecule has 0 spiro atoms.